The maximum Gasteiger partial charge on any atom is 0.251 e. The second-order valence-corrected chi connectivity index (χ2v) is 8.30. The summed E-state index contributed by atoms with van der Waals surface area (Å²) in [5.41, 5.74) is 3.12. The highest BCUT2D eigenvalue weighted by Gasteiger charge is 2.15. The van der Waals surface area contributed by atoms with E-state index in [1.807, 2.05) is 36.4 Å². The molecule has 0 aliphatic heterocycles. The number of sulfonamides is 1. The third-order valence-corrected chi connectivity index (χ3v) is 5.95. The molecule has 0 fully saturated rings. The van der Waals surface area contributed by atoms with E-state index in [4.69, 9.17) is 11.6 Å². The third kappa shape index (κ3) is 4.59. The molecule has 0 saturated carbocycles. The number of nitrogens with one attached hydrogen (secondary N) is 2. The first-order valence-corrected chi connectivity index (χ1v) is 10.4. The van der Waals surface area contributed by atoms with Crippen LogP contribution in [0.5, 0.6) is 0 Å². The van der Waals surface area contributed by atoms with Gasteiger partial charge in [-0.25, -0.2) is 13.1 Å². The van der Waals surface area contributed by atoms with Crippen molar-refractivity contribution in [1.82, 2.24) is 10.0 Å². The molecule has 3 aromatic rings. The fourth-order valence-electron chi connectivity index (χ4n) is 2.77. The van der Waals surface area contributed by atoms with Gasteiger partial charge in [-0.2, -0.15) is 0 Å². The maximum absolute atomic E-state index is 12.6. The van der Waals surface area contributed by atoms with E-state index < -0.39 is 10.0 Å². The molecule has 144 valence electrons. The summed E-state index contributed by atoms with van der Waals surface area (Å²) in [4.78, 5) is 11.7. The van der Waals surface area contributed by atoms with E-state index in [2.05, 4.69) is 10.0 Å². The summed E-state index contributed by atoms with van der Waals surface area (Å²) < 4.78 is 27.9. The predicted octanol–water partition coefficient (Wildman–Crippen LogP) is 3.85. The highest BCUT2D eigenvalue weighted by atomic mass is 35.5. The molecule has 3 rings (SSSR count). The molecule has 7 heteroatoms. The standard InChI is InChI=1S/C21H19ClN2O3S/c1-23-21(25)16-8-12-19(13-9-16)28(26,27)24-14-17-4-2-3-5-20(17)15-6-10-18(22)11-7-15/h2-13,24H,14H2,1H3,(H,23,25). The van der Waals surface area contributed by atoms with Crippen molar-refractivity contribution in [2.75, 3.05) is 7.05 Å². The molecule has 5 nitrogen and oxygen atoms in total. The largest absolute Gasteiger partial charge is 0.355 e. The first-order valence-electron chi connectivity index (χ1n) is 8.56. The minimum absolute atomic E-state index is 0.101. The molecular formula is C21H19ClN2O3S. The smallest absolute Gasteiger partial charge is 0.251 e. The van der Waals surface area contributed by atoms with Crippen LogP contribution in [0.1, 0.15) is 15.9 Å². The summed E-state index contributed by atoms with van der Waals surface area (Å²) in [6, 6.07) is 20.8. The van der Waals surface area contributed by atoms with Crippen molar-refractivity contribution < 1.29 is 13.2 Å². The molecule has 1 amide bonds. The molecule has 2 N–H and O–H groups in total. The molecule has 28 heavy (non-hydrogen) atoms. The Balaban J connectivity index is 1.80. The SMILES string of the molecule is CNC(=O)c1ccc(S(=O)(=O)NCc2ccccc2-c2ccc(Cl)cc2)cc1. The van der Waals surface area contributed by atoms with Crippen molar-refractivity contribution in [3.63, 3.8) is 0 Å². The van der Waals surface area contributed by atoms with Crippen LogP contribution in [0.3, 0.4) is 0 Å². The number of carbonyl (C=O) groups is 1. The summed E-state index contributed by atoms with van der Waals surface area (Å²) in [5, 5.41) is 3.14. The number of benzene rings is 3. The van der Waals surface area contributed by atoms with Crippen molar-refractivity contribution in [3.05, 3.63) is 88.9 Å². The number of hydrogen-bond donors (Lipinski definition) is 2. The summed E-state index contributed by atoms with van der Waals surface area (Å²) in [5.74, 6) is -0.270. The molecule has 0 aliphatic rings. The van der Waals surface area contributed by atoms with Crippen LogP contribution < -0.4 is 10.0 Å². The molecule has 0 atom stereocenters. The minimum Gasteiger partial charge on any atom is -0.355 e. The Kier molecular flexibility index (Phi) is 6.14. The highest BCUT2D eigenvalue weighted by Crippen LogP contribution is 2.25. The maximum atomic E-state index is 12.6. The van der Waals surface area contributed by atoms with Gasteiger partial charge < -0.3 is 5.32 Å². The Morgan fingerprint density at radius 2 is 1.57 bits per heavy atom. The van der Waals surface area contributed by atoms with Gasteiger partial charge in [-0.3, -0.25) is 4.79 Å². The molecule has 0 bridgehead atoms. The molecule has 0 aliphatic carbocycles. The van der Waals surface area contributed by atoms with E-state index in [0.717, 1.165) is 16.7 Å². The molecule has 0 saturated heterocycles. The lowest BCUT2D eigenvalue weighted by Gasteiger charge is -2.12. The fourth-order valence-corrected chi connectivity index (χ4v) is 3.90. The highest BCUT2D eigenvalue weighted by molar-refractivity contribution is 7.89. The average Bonchev–Trinajstić information content (AvgIpc) is 2.72. The zero-order chi connectivity index (χ0) is 20.1. The fraction of sp³-hybridized carbons (Fsp3) is 0.0952. The molecule has 0 radical (unpaired) electrons. The molecule has 0 aromatic heterocycles. The van der Waals surface area contributed by atoms with Crippen LogP contribution in [-0.2, 0) is 16.6 Å². The lowest BCUT2D eigenvalue weighted by molar-refractivity contribution is 0.0963. The van der Waals surface area contributed by atoms with Crippen LogP contribution in [0.25, 0.3) is 11.1 Å². The topological polar surface area (TPSA) is 75.3 Å². The van der Waals surface area contributed by atoms with Gasteiger partial charge in [-0.15, -0.1) is 0 Å². The monoisotopic (exact) mass is 414 g/mol. The van der Waals surface area contributed by atoms with Crippen molar-refractivity contribution in [1.29, 1.82) is 0 Å². The van der Waals surface area contributed by atoms with Gasteiger partial charge in [0, 0.05) is 24.2 Å². The first kappa shape index (κ1) is 20.1. The van der Waals surface area contributed by atoms with Crippen molar-refractivity contribution in [3.8, 4) is 11.1 Å². The minimum atomic E-state index is -3.72. The molecule has 0 heterocycles. The normalized spacial score (nSPS) is 11.2. The Morgan fingerprint density at radius 3 is 2.21 bits per heavy atom. The van der Waals surface area contributed by atoms with E-state index in [0.29, 0.717) is 10.6 Å². The molecular weight excluding hydrogens is 396 g/mol. The number of carbonyl (C=O) groups excluding carboxylic acids is 1. The van der Waals surface area contributed by atoms with Gasteiger partial charge in [0.2, 0.25) is 10.0 Å². The second-order valence-electron chi connectivity index (χ2n) is 6.09. The van der Waals surface area contributed by atoms with Gasteiger partial charge in [-0.05, 0) is 53.1 Å². The average molecular weight is 415 g/mol. The second kappa shape index (κ2) is 8.56. The van der Waals surface area contributed by atoms with Crippen LogP contribution in [0.2, 0.25) is 5.02 Å². The summed E-state index contributed by atoms with van der Waals surface area (Å²) in [6.07, 6.45) is 0. The zero-order valence-electron chi connectivity index (χ0n) is 15.1. The van der Waals surface area contributed by atoms with Crippen molar-refractivity contribution >= 4 is 27.5 Å². The van der Waals surface area contributed by atoms with Crippen LogP contribution >= 0.6 is 11.6 Å². The molecule has 0 unspecified atom stereocenters. The Labute approximate surface area is 169 Å². The Morgan fingerprint density at radius 1 is 0.929 bits per heavy atom. The number of hydrogen-bond acceptors (Lipinski definition) is 3. The van der Waals surface area contributed by atoms with Crippen LogP contribution in [-0.4, -0.2) is 21.4 Å². The number of amides is 1. The van der Waals surface area contributed by atoms with Gasteiger partial charge >= 0.3 is 0 Å². The number of halogens is 1. The number of rotatable bonds is 6. The van der Waals surface area contributed by atoms with E-state index in [9.17, 15) is 13.2 Å². The van der Waals surface area contributed by atoms with Crippen molar-refractivity contribution in [2.24, 2.45) is 0 Å². The van der Waals surface area contributed by atoms with Gasteiger partial charge in [0.25, 0.3) is 5.91 Å². The van der Waals surface area contributed by atoms with Crippen LogP contribution in [0, 0.1) is 0 Å². The van der Waals surface area contributed by atoms with Crippen molar-refractivity contribution in [2.45, 2.75) is 11.4 Å². The van der Waals surface area contributed by atoms with Gasteiger partial charge in [0.05, 0.1) is 4.90 Å². The van der Waals surface area contributed by atoms with Gasteiger partial charge in [0.15, 0.2) is 0 Å². The van der Waals surface area contributed by atoms with Crippen LogP contribution in [0.4, 0.5) is 0 Å². The Bertz CT molecular complexity index is 1080. The van der Waals surface area contributed by atoms with Gasteiger partial charge in [0.1, 0.15) is 0 Å². The van der Waals surface area contributed by atoms with Crippen LogP contribution in [0.15, 0.2) is 77.7 Å². The van der Waals surface area contributed by atoms with E-state index >= 15 is 0 Å². The Hall–Kier alpha value is -2.67. The van der Waals surface area contributed by atoms with E-state index in [1.54, 1.807) is 12.1 Å². The summed E-state index contributed by atoms with van der Waals surface area (Å²) >= 11 is 5.95. The summed E-state index contributed by atoms with van der Waals surface area (Å²) in [7, 11) is -2.20. The lowest BCUT2D eigenvalue weighted by atomic mass is 10.00. The molecule has 0 spiro atoms. The quantitative estimate of drug-likeness (QED) is 0.643. The first-order chi connectivity index (χ1) is 13.4. The third-order valence-electron chi connectivity index (χ3n) is 4.28. The molecule has 3 aromatic carbocycles. The lowest BCUT2D eigenvalue weighted by Crippen LogP contribution is -2.24. The predicted molar refractivity (Wildman–Crippen MR) is 111 cm³/mol. The zero-order valence-corrected chi connectivity index (χ0v) is 16.7. The van der Waals surface area contributed by atoms with E-state index in [-0.39, 0.29) is 17.3 Å². The van der Waals surface area contributed by atoms with Gasteiger partial charge in [-0.1, -0.05) is 48.0 Å². The summed E-state index contributed by atoms with van der Waals surface area (Å²) in [6.45, 7) is 0.137. The van der Waals surface area contributed by atoms with E-state index in [1.165, 1.54) is 31.3 Å².